The lowest BCUT2D eigenvalue weighted by atomic mass is 10.2. The highest BCUT2D eigenvalue weighted by Crippen LogP contribution is 2.31. The van der Waals surface area contributed by atoms with Gasteiger partial charge < -0.3 is 10.5 Å². The van der Waals surface area contributed by atoms with Gasteiger partial charge in [0.25, 0.3) is 0 Å². The highest BCUT2D eigenvalue weighted by molar-refractivity contribution is 5.97. The number of halogens is 3. The van der Waals surface area contributed by atoms with Crippen LogP contribution in [0.4, 0.5) is 13.2 Å². The summed E-state index contributed by atoms with van der Waals surface area (Å²) in [4.78, 5) is 3.42. The normalized spacial score (nSPS) is 11.2. The van der Waals surface area contributed by atoms with Crippen LogP contribution in [0.1, 0.15) is 16.8 Å². The van der Waals surface area contributed by atoms with Crippen molar-refractivity contribution in [3.63, 3.8) is 0 Å². The molecule has 3 N–H and O–H groups in total. The Bertz CT molecular complexity index is 683. The summed E-state index contributed by atoms with van der Waals surface area (Å²) in [7, 11) is 0. The fraction of sp³-hybridized carbons (Fsp3) is 0.143. The fourth-order valence-electron chi connectivity index (χ4n) is 1.67. The smallest absolute Gasteiger partial charge is 0.433 e. The number of nitrogens with two attached hydrogens (primary N) is 1. The van der Waals surface area contributed by atoms with E-state index in [0.717, 1.165) is 17.7 Å². The van der Waals surface area contributed by atoms with Crippen LogP contribution in [0.3, 0.4) is 0 Å². The number of amidine groups is 1. The molecule has 0 unspecified atom stereocenters. The highest BCUT2D eigenvalue weighted by Gasteiger charge is 2.33. The van der Waals surface area contributed by atoms with Crippen LogP contribution in [0.25, 0.3) is 0 Å². The summed E-state index contributed by atoms with van der Waals surface area (Å²) in [5, 5.41) is 7.39. The van der Waals surface area contributed by atoms with Gasteiger partial charge in [0, 0.05) is 0 Å². The van der Waals surface area contributed by atoms with Crippen molar-refractivity contribution in [1.29, 1.82) is 5.41 Å². The van der Waals surface area contributed by atoms with Crippen molar-refractivity contribution in [2.24, 2.45) is 5.73 Å². The predicted octanol–water partition coefficient (Wildman–Crippen LogP) is 3.49. The van der Waals surface area contributed by atoms with Gasteiger partial charge in [-0.3, -0.25) is 5.41 Å². The molecular formula is C14H12F3N3O. The molecule has 0 radical (unpaired) electrons. The zero-order valence-electron chi connectivity index (χ0n) is 11.0. The number of aryl methyl sites for hydroxylation is 1. The number of nitrogens with one attached hydrogen (secondary N) is 1. The van der Waals surface area contributed by atoms with E-state index < -0.39 is 17.7 Å². The quantitative estimate of drug-likeness (QED) is 0.672. The second-order valence-corrected chi connectivity index (χ2v) is 4.38. The molecule has 0 aliphatic rings. The number of nitrogen functional groups attached to an aromatic ring is 1. The van der Waals surface area contributed by atoms with Gasteiger partial charge in [0.2, 0.25) is 5.88 Å². The maximum absolute atomic E-state index is 12.7. The summed E-state index contributed by atoms with van der Waals surface area (Å²) >= 11 is 0. The van der Waals surface area contributed by atoms with Gasteiger partial charge in [0.15, 0.2) is 0 Å². The van der Waals surface area contributed by atoms with E-state index in [1.54, 1.807) is 18.2 Å². The second kappa shape index (κ2) is 5.43. The number of ether oxygens (including phenoxy) is 1. The molecule has 0 aliphatic carbocycles. The fourth-order valence-corrected chi connectivity index (χ4v) is 1.67. The van der Waals surface area contributed by atoms with Crippen molar-refractivity contribution in [3.05, 3.63) is 53.2 Å². The van der Waals surface area contributed by atoms with Gasteiger partial charge in [0.1, 0.15) is 17.3 Å². The molecule has 1 heterocycles. The maximum Gasteiger partial charge on any atom is 0.433 e. The van der Waals surface area contributed by atoms with Crippen LogP contribution < -0.4 is 10.5 Å². The van der Waals surface area contributed by atoms with Gasteiger partial charge in [-0.05, 0) is 36.8 Å². The van der Waals surface area contributed by atoms with Crippen molar-refractivity contribution in [2.75, 3.05) is 0 Å². The second-order valence-electron chi connectivity index (χ2n) is 4.38. The molecule has 0 atom stereocenters. The standard InChI is InChI=1S/C14H12F3N3O/c1-8-3-2-4-9(7-8)21-13-10(12(18)19)5-6-11(20-13)14(15,16)17/h2-7H,1H3,(H3,18,19). The van der Waals surface area contributed by atoms with Crippen LogP contribution >= 0.6 is 0 Å². The van der Waals surface area contributed by atoms with E-state index in [1.165, 1.54) is 0 Å². The number of nitrogens with zero attached hydrogens (tertiary/aromatic N) is 1. The zero-order chi connectivity index (χ0) is 15.6. The summed E-state index contributed by atoms with van der Waals surface area (Å²) in [6, 6.07) is 8.58. The molecule has 0 bridgehead atoms. The van der Waals surface area contributed by atoms with Crippen molar-refractivity contribution in [3.8, 4) is 11.6 Å². The molecule has 0 amide bonds. The minimum Gasteiger partial charge on any atom is -0.438 e. The number of rotatable bonds is 3. The lowest BCUT2D eigenvalue weighted by Crippen LogP contribution is -2.16. The number of hydrogen-bond donors (Lipinski definition) is 2. The first kappa shape index (κ1) is 14.8. The third-order valence-electron chi connectivity index (χ3n) is 2.64. The van der Waals surface area contributed by atoms with Crippen molar-refractivity contribution in [2.45, 2.75) is 13.1 Å². The van der Waals surface area contributed by atoms with E-state index in [1.807, 2.05) is 13.0 Å². The molecule has 0 fully saturated rings. The van der Waals surface area contributed by atoms with E-state index in [9.17, 15) is 13.2 Å². The van der Waals surface area contributed by atoms with Crippen molar-refractivity contribution >= 4 is 5.84 Å². The van der Waals surface area contributed by atoms with Crippen LogP contribution in [0.2, 0.25) is 0 Å². The SMILES string of the molecule is Cc1cccc(Oc2nc(C(F)(F)F)ccc2C(=N)N)c1. The average Bonchev–Trinajstić information content (AvgIpc) is 2.37. The Morgan fingerprint density at radius 1 is 1.24 bits per heavy atom. The molecule has 1 aromatic carbocycles. The summed E-state index contributed by atoms with van der Waals surface area (Å²) in [5.41, 5.74) is 5.12. The Morgan fingerprint density at radius 3 is 2.52 bits per heavy atom. The van der Waals surface area contributed by atoms with Gasteiger partial charge >= 0.3 is 6.18 Å². The molecular weight excluding hydrogens is 283 g/mol. The minimum atomic E-state index is -4.60. The molecule has 2 aromatic rings. The minimum absolute atomic E-state index is 0.00417. The molecule has 1 aromatic heterocycles. The molecule has 0 saturated heterocycles. The molecule has 21 heavy (non-hydrogen) atoms. The van der Waals surface area contributed by atoms with Gasteiger partial charge in [0.05, 0.1) is 5.56 Å². The largest absolute Gasteiger partial charge is 0.438 e. The molecule has 110 valence electrons. The average molecular weight is 295 g/mol. The lowest BCUT2D eigenvalue weighted by molar-refractivity contribution is -0.141. The van der Waals surface area contributed by atoms with Gasteiger partial charge in [-0.25, -0.2) is 4.98 Å². The maximum atomic E-state index is 12.7. The van der Waals surface area contributed by atoms with E-state index in [0.29, 0.717) is 5.75 Å². The molecule has 0 spiro atoms. The van der Waals surface area contributed by atoms with Gasteiger partial charge in [-0.15, -0.1) is 0 Å². The Balaban J connectivity index is 2.46. The predicted molar refractivity (Wildman–Crippen MR) is 71.5 cm³/mol. The Hall–Kier alpha value is -2.57. The van der Waals surface area contributed by atoms with Crippen molar-refractivity contribution < 1.29 is 17.9 Å². The van der Waals surface area contributed by atoms with Crippen LogP contribution in [-0.2, 0) is 6.18 Å². The van der Waals surface area contributed by atoms with Crippen molar-refractivity contribution in [1.82, 2.24) is 4.98 Å². The topological polar surface area (TPSA) is 72.0 Å². The lowest BCUT2D eigenvalue weighted by Gasteiger charge is -2.12. The number of pyridine rings is 1. The van der Waals surface area contributed by atoms with Gasteiger partial charge in [-0.1, -0.05) is 12.1 Å². The highest BCUT2D eigenvalue weighted by atomic mass is 19.4. The Morgan fingerprint density at radius 2 is 1.95 bits per heavy atom. The first-order chi connectivity index (χ1) is 9.77. The van der Waals surface area contributed by atoms with Crippen LogP contribution in [0, 0.1) is 12.3 Å². The summed E-state index contributed by atoms with van der Waals surface area (Å²) in [6.45, 7) is 1.82. The monoisotopic (exact) mass is 295 g/mol. The first-order valence-electron chi connectivity index (χ1n) is 5.94. The third kappa shape index (κ3) is 3.50. The van der Waals surface area contributed by atoms with Crippen LogP contribution in [0.15, 0.2) is 36.4 Å². The van der Waals surface area contributed by atoms with E-state index >= 15 is 0 Å². The molecule has 0 aliphatic heterocycles. The molecule has 2 rings (SSSR count). The first-order valence-corrected chi connectivity index (χ1v) is 5.94. The van der Waals surface area contributed by atoms with E-state index in [4.69, 9.17) is 15.9 Å². The Labute approximate surface area is 118 Å². The zero-order valence-corrected chi connectivity index (χ0v) is 11.0. The van der Waals surface area contributed by atoms with E-state index in [2.05, 4.69) is 4.98 Å². The Kier molecular flexibility index (Phi) is 3.84. The summed E-state index contributed by atoms with van der Waals surface area (Å²) in [5.74, 6) is -0.439. The molecule has 0 saturated carbocycles. The van der Waals surface area contributed by atoms with Crippen LogP contribution in [0.5, 0.6) is 11.6 Å². The third-order valence-corrected chi connectivity index (χ3v) is 2.64. The number of alkyl halides is 3. The molecule has 4 nitrogen and oxygen atoms in total. The summed E-state index contributed by atoms with van der Waals surface area (Å²) in [6.07, 6.45) is -4.60. The van der Waals surface area contributed by atoms with Gasteiger partial charge in [-0.2, -0.15) is 13.2 Å². The molecule has 7 heteroatoms. The van der Waals surface area contributed by atoms with Crippen LogP contribution in [-0.4, -0.2) is 10.8 Å². The van der Waals surface area contributed by atoms with E-state index in [-0.39, 0.29) is 11.4 Å². The number of benzene rings is 1. The summed E-state index contributed by atoms with van der Waals surface area (Å²) < 4.78 is 43.5. The number of hydrogen-bond acceptors (Lipinski definition) is 3. The number of aromatic nitrogens is 1.